The van der Waals surface area contributed by atoms with Crippen LogP contribution in [0.15, 0.2) is 114 Å². The molecule has 0 aromatic heterocycles. The molecule has 0 spiro atoms. The summed E-state index contributed by atoms with van der Waals surface area (Å²) in [7, 11) is 0. The highest BCUT2D eigenvalue weighted by Gasteiger charge is 2.08. The van der Waals surface area contributed by atoms with Crippen LogP contribution in [0.3, 0.4) is 0 Å². The van der Waals surface area contributed by atoms with Crippen LogP contribution < -0.4 is 14.9 Å². The molecule has 0 aliphatic heterocycles. The summed E-state index contributed by atoms with van der Waals surface area (Å²) in [6, 6.07) is 35.8. The van der Waals surface area contributed by atoms with Gasteiger partial charge in [0.05, 0.1) is 11.9 Å². The number of hydrogen-bond donors (Lipinski definition) is 1. The van der Waals surface area contributed by atoms with Crippen LogP contribution in [-0.4, -0.2) is 6.21 Å². The normalized spacial score (nSPS) is 10.7. The lowest BCUT2D eigenvalue weighted by Gasteiger charge is -2.14. The predicted molar refractivity (Wildman–Crippen MR) is 126 cm³/mol. The number of nitrogens with one attached hydrogen (secondary N) is 1. The van der Waals surface area contributed by atoms with Crippen molar-refractivity contribution >= 4 is 11.9 Å². The first-order valence-corrected chi connectivity index (χ1v) is 10.2. The van der Waals surface area contributed by atoms with Crippen LogP contribution in [0.5, 0.6) is 11.5 Å². The molecule has 154 valence electrons. The van der Waals surface area contributed by atoms with Crippen molar-refractivity contribution in [3.8, 4) is 11.5 Å². The highest BCUT2D eigenvalue weighted by molar-refractivity contribution is 5.81. The van der Waals surface area contributed by atoms with Gasteiger partial charge in [0.15, 0.2) is 11.5 Å². The average molecular weight is 409 g/mol. The summed E-state index contributed by atoms with van der Waals surface area (Å²) in [6.45, 7) is 0.941. The number of nitrogens with zero attached hydrogens (tertiary/aromatic N) is 1. The predicted octanol–water partition coefficient (Wildman–Crippen LogP) is 6.29. The molecule has 0 unspecified atom stereocenters. The molecule has 4 aromatic rings. The van der Waals surface area contributed by atoms with Crippen molar-refractivity contribution in [3.63, 3.8) is 0 Å². The Kier molecular flexibility index (Phi) is 6.95. The lowest BCUT2D eigenvalue weighted by Crippen LogP contribution is -2.01. The molecular formula is C27H24N2O2. The van der Waals surface area contributed by atoms with E-state index in [9.17, 15) is 0 Å². The van der Waals surface area contributed by atoms with E-state index in [4.69, 9.17) is 9.47 Å². The smallest absolute Gasteiger partial charge is 0.162 e. The highest BCUT2D eigenvalue weighted by Crippen LogP contribution is 2.29. The van der Waals surface area contributed by atoms with E-state index >= 15 is 0 Å². The van der Waals surface area contributed by atoms with E-state index in [0.29, 0.717) is 24.7 Å². The zero-order valence-electron chi connectivity index (χ0n) is 17.1. The van der Waals surface area contributed by atoms with Gasteiger partial charge in [0.25, 0.3) is 0 Å². The molecule has 4 aromatic carbocycles. The van der Waals surface area contributed by atoms with Crippen molar-refractivity contribution in [2.75, 3.05) is 5.43 Å². The van der Waals surface area contributed by atoms with Crippen molar-refractivity contribution in [1.29, 1.82) is 0 Å². The molecule has 0 saturated heterocycles. The van der Waals surface area contributed by atoms with Gasteiger partial charge in [-0.1, -0.05) is 78.9 Å². The van der Waals surface area contributed by atoms with Crippen molar-refractivity contribution in [2.24, 2.45) is 5.10 Å². The lowest BCUT2D eigenvalue weighted by atomic mass is 10.2. The molecule has 0 aliphatic carbocycles. The number of anilines is 1. The molecule has 0 bridgehead atoms. The summed E-state index contributed by atoms with van der Waals surface area (Å²) >= 11 is 0. The maximum Gasteiger partial charge on any atom is 0.162 e. The fourth-order valence-electron chi connectivity index (χ4n) is 3.00. The van der Waals surface area contributed by atoms with Crippen molar-refractivity contribution < 1.29 is 9.47 Å². The van der Waals surface area contributed by atoms with Gasteiger partial charge in [0.1, 0.15) is 13.2 Å². The van der Waals surface area contributed by atoms with Gasteiger partial charge in [-0.05, 0) is 47.0 Å². The Hall–Kier alpha value is -4.05. The molecule has 0 radical (unpaired) electrons. The van der Waals surface area contributed by atoms with Crippen molar-refractivity contribution in [2.45, 2.75) is 13.2 Å². The van der Waals surface area contributed by atoms with Crippen LogP contribution >= 0.6 is 0 Å². The van der Waals surface area contributed by atoms with Crippen LogP contribution in [0.1, 0.15) is 16.7 Å². The Morgan fingerprint density at radius 3 is 1.77 bits per heavy atom. The molecule has 0 atom stereocenters. The third-order valence-electron chi connectivity index (χ3n) is 4.62. The van der Waals surface area contributed by atoms with Crippen LogP contribution in [0.2, 0.25) is 0 Å². The Bertz CT molecular complexity index is 1100. The Labute approximate surface area is 182 Å². The minimum atomic E-state index is 0.464. The zero-order valence-corrected chi connectivity index (χ0v) is 17.1. The lowest BCUT2D eigenvalue weighted by molar-refractivity contribution is 0.256. The van der Waals surface area contributed by atoms with Gasteiger partial charge in [0.2, 0.25) is 0 Å². The summed E-state index contributed by atoms with van der Waals surface area (Å²) in [5.74, 6) is 1.39. The first-order chi connectivity index (χ1) is 15.4. The highest BCUT2D eigenvalue weighted by atomic mass is 16.5. The van der Waals surface area contributed by atoms with Gasteiger partial charge >= 0.3 is 0 Å². The average Bonchev–Trinajstić information content (AvgIpc) is 2.84. The second kappa shape index (κ2) is 10.6. The van der Waals surface area contributed by atoms with E-state index in [0.717, 1.165) is 22.4 Å². The van der Waals surface area contributed by atoms with Gasteiger partial charge in [-0.2, -0.15) is 5.10 Å². The standard InChI is InChI=1S/C27H24N2O2/c1-4-10-22(11-5-1)20-30-26-17-16-24(19-28-29-25-14-8-3-9-15-25)18-27(26)31-21-23-12-6-2-7-13-23/h1-19,29H,20-21H2. The molecule has 31 heavy (non-hydrogen) atoms. The zero-order chi connectivity index (χ0) is 21.1. The molecular weight excluding hydrogens is 384 g/mol. The fourth-order valence-corrected chi connectivity index (χ4v) is 3.00. The maximum absolute atomic E-state index is 6.11. The molecule has 4 rings (SSSR count). The SMILES string of the molecule is C(=NNc1ccccc1)c1ccc(OCc2ccccc2)c(OCc2ccccc2)c1. The monoisotopic (exact) mass is 408 g/mol. The van der Waals surface area contributed by atoms with E-state index in [2.05, 4.69) is 10.5 Å². The number of hydrogen-bond acceptors (Lipinski definition) is 4. The number of benzene rings is 4. The van der Waals surface area contributed by atoms with Crippen molar-refractivity contribution in [3.05, 3.63) is 126 Å². The maximum atomic E-state index is 6.11. The van der Waals surface area contributed by atoms with Crippen LogP contribution in [-0.2, 0) is 13.2 Å². The van der Waals surface area contributed by atoms with E-state index in [-0.39, 0.29) is 0 Å². The third-order valence-corrected chi connectivity index (χ3v) is 4.62. The first kappa shape index (κ1) is 20.2. The molecule has 1 N–H and O–H groups in total. The topological polar surface area (TPSA) is 42.9 Å². The van der Waals surface area contributed by atoms with Gasteiger partial charge < -0.3 is 9.47 Å². The van der Waals surface area contributed by atoms with Crippen LogP contribution in [0.25, 0.3) is 0 Å². The first-order valence-electron chi connectivity index (χ1n) is 10.2. The molecule has 0 saturated carbocycles. The molecule has 4 heteroatoms. The van der Waals surface area contributed by atoms with Crippen LogP contribution in [0, 0.1) is 0 Å². The Morgan fingerprint density at radius 2 is 1.16 bits per heavy atom. The van der Waals surface area contributed by atoms with Gasteiger partial charge in [-0.15, -0.1) is 0 Å². The number of hydrazone groups is 1. The number of para-hydroxylation sites is 1. The second-order valence-electron chi connectivity index (χ2n) is 6.99. The quantitative estimate of drug-likeness (QED) is 0.261. The summed E-state index contributed by atoms with van der Waals surface area (Å²) in [5.41, 5.74) is 7.08. The second-order valence-corrected chi connectivity index (χ2v) is 6.99. The molecule has 0 aliphatic rings. The molecule has 0 fully saturated rings. The van der Waals surface area contributed by atoms with E-state index < -0.39 is 0 Å². The number of rotatable bonds is 9. The van der Waals surface area contributed by atoms with E-state index in [1.165, 1.54) is 0 Å². The summed E-state index contributed by atoms with van der Waals surface area (Å²) in [5, 5.41) is 4.32. The largest absolute Gasteiger partial charge is 0.485 e. The summed E-state index contributed by atoms with van der Waals surface area (Å²) < 4.78 is 12.2. The molecule has 0 heterocycles. The minimum absolute atomic E-state index is 0.464. The summed E-state index contributed by atoms with van der Waals surface area (Å²) in [6.07, 6.45) is 1.77. The molecule has 4 nitrogen and oxygen atoms in total. The summed E-state index contributed by atoms with van der Waals surface area (Å²) in [4.78, 5) is 0. The van der Waals surface area contributed by atoms with E-state index in [1.807, 2.05) is 109 Å². The fraction of sp³-hybridized carbons (Fsp3) is 0.0741. The Balaban J connectivity index is 1.48. The molecule has 0 amide bonds. The van der Waals surface area contributed by atoms with E-state index in [1.54, 1.807) is 6.21 Å². The Morgan fingerprint density at radius 1 is 0.613 bits per heavy atom. The minimum Gasteiger partial charge on any atom is -0.485 e. The number of ether oxygens (including phenoxy) is 2. The van der Waals surface area contributed by atoms with Gasteiger partial charge in [-0.3, -0.25) is 5.43 Å². The van der Waals surface area contributed by atoms with Crippen molar-refractivity contribution in [1.82, 2.24) is 0 Å². The van der Waals surface area contributed by atoms with Gasteiger partial charge in [0, 0.05) is 0 Å². The van der Waals surface area contributed by atoms with Gasteiger partial charge in [-0.25, -0.2) is 0 Å². The van der Waals surface area contributed by atoms with Crippen LogP contribution in [0.4, 0.5) is 5.69 Å². The third kappa shape index (κ3) is 6.21.